The summed E-state index contributed by atoms with van der Waals surface area (Å²) < 4.78 is 1.96. The number of aliphatic hydroxyl groups is 1. The molecular weight excluding hydrogens is 408 g/mol. The SMILES string of the molecule is CCCN1C(=O)/C(=C/c2c(NC(CC)CO)nc3c(C)cccn3c2=O)SC1=S. The van der Waals surface area contributed by atoms with Gasteiger partial charge in [0.15, 0.2) is 0 Å². The highest BCUT2D eigenvalue weighted by molar-refractivity contribution is 8.26. The lowest BCUT2D eigenvalue weighted by Gasteiger charge is -2.17. The number of aliphatic hydroxyl groups excluding tert-OH is 1. The second-order valence-electron chi connectivity index (χ2n) is 6.83. The topological polar surface area (TPSA) is 86.9 Å². The van der Waals surface area contributed by atoms with Crippen molar-refractivity contribution >= 4 is 51.7 Å². The first-order valence-electron chi connectivity index (χ1n) is 9.55. The molecule has 0 radical (unpaired) electrons. The molecule has 0 saturated carbocycles. The molecule has 0 aliphatic carbocycles. The molecule has 0 aromatic carbocycles. The molecule has 3 rings (SSSR count). The smallest absolute Gasteiger partial charge is 0.267 e. The van der Waals surface area contributed by atoms with Crippen molar-refractivity contribution in [2.45, 2.75) is 39.7 Å². The monoisotopic (exact) mass is 432 g/mol. The van der Waals surface area contributed by atoms with Gasteiger partial charge in [0, 0.05) is 12.7 Å². The molecule has 0 spiro atoms. The molecule has 2 aromatic rings. The number of carbonyl (C=O) groups is 1. The second kappa shape index (κ2) is 9.06. The fourth-order valence-electron chi connectivity index (χ4n) is 3.07. The normalized spacial score (nSPS) is 16.8. The summed E-state index contributed by atoms with van der Waals surface area (Å²) in [6.45, 7) is 6.24. The van der Waals surface area contributed by atoms with Crippen molar-refractivity contribution in [2.75, 3.05) is 18.5 Å². The number of anilines is 1. The Labute approximate surface area is 178 Å². The number of carbonyl (C=O) groups excluding carboxylic acids is 1. The Kier molecular flexibility index (Phi) is 6.71. The van der Waals surface area contributed by atoms with Gasteiger partial charge in [-0.25, -0.2) is 4.98 Å². The number of rotatable bonds is 7. The number of aryl methyl sites for hydroxylation is 1. The maximum atomic E-state index is 13.3. The number of pyridine rings is 1. The zero-order chi connectivity index (χ0) is 21.1. The lowest BCUT2D eigenvalue weighted by molar-refractivity contribution is -0.122. The van der Waals surface area contributed by atoms with E-state index < -0.39 is 0 Å². The van der Waals surface area contributed by atoms with Gasteiger partial charge in [0.2, 0.25) is 0 Å². The molecule has 2 aromatic heterocycles. The van der Waals surface area contributed by atoms with Crippen LogP contribution in [0.4, 0.5) is 5.82 Å². The zero-order valence-electron chi connectivity index (χ0n) is 16.6. The first-order chi connectivity index (χ1) is 13.9. The number of nitrogens with zero attached hydrogens (tertiary/aromatic N) is 3. The third-order valence-corrected chi connectivity index (χ3v) is 6.11. The fourth-order valence-corrected chi connectivity index (χ4v) is 4.36. The molecule has 154 valence electrons. The molecule has 7 nitrogen and oxygen atoms in total. The number of nitrogens with one attached hydrogen (secondary N) is 1. The van der Waals surface area contributed by atoms with E-state index in [0.29, 0.717) is 33.7 Å². The largest absolute Gasteiger partial charge is 0.394 e. The highest BCUT2D eigenvalue weighted by Gasteiger charge is 2.32. The fraction of sp³-hybridized carbons (Fsp3) is 0.400. The van der Waals surface area contributed by atoms with Crippen LogP contribution in [0.5, 0.6) is 0 Å². The Morgan fingerprint density at radius 3 is 2.79 bits per heavy atom. The van der Waals surface area contributed by atoms with E-state index in [9.17, 15) is 14.7 Å². The van der Waals surface area contributed by atoms with E-state index in [1.807, 2.05) is 26.8 Å². The molecule has 9 heteroatoms. The van der Waals surface area contributed by atoms with Crippen LogP contribution < -0.4 is 10.9 Å². The van der Waals surface area contributed by atoms with E-state index in [4.69, 9.17) is 12.2 Å². The number of thiocarbonyl (C=S) groups is 1. The lowest BCUT2D eigenvalue weighted by Crippen LogP contribution is -2.29. The van der Waals surface area contributed by atoms with Crippen molar-refractivity contribution in [3.8, 4) is 0 Å². The van der Waals surface area contributed by atoms with Gasteiger partial charge in [0.1, 0.15) is 15.8 Å². The Morgan fingerprint density at radius 2 is 2.14 bits per heavy atom. The first-order valence-corrected chi connectivity index (χ1v) is 10.8. The molecule has 0 bridgehead atoms. The maximum absolute atomic E-state index is 13.3. The van der Waals surface area contributed by atoms with Crippen LogP contribution >= 0.6 is 24.0 Å². The molecule has 1 unspecified atom stereocenters. The number of amides is 1. The summed E-state index contributed by atoms with van der Waals surface area (Å²) in [6.07, 6.45) is 4.67. The van der Waals surface area contributed by atoms with Crippen LogP contribution in [0.2, 0.25) is 0 Å². The minimum absolute atomic E-state index is 0.0939. The van der Waals surface area contributed by atoms with Crippen LogP contribution in [0.1, 0.15) is 37.8 Å². The number of thioether (sulfide) groups is 1. The van der Waals surface area contributed by atoms with Crippen molar-refractivity contribution in [1.29, 1.82) is 0 Å². The Bertz CT molecular complexity index is 1040. The first kappa shape index (κ1) is 21.5. The predicted octanol–water partition coefficient (Wildman–Crippen LogP) is 2.80. The lowest BCUT2D eigenvalue weighted by atomic mass is 10.2. The Balaban J connectivity index is 2.17. The Morgan fingerprint density at radius 1 is 1.38 bits per heavy atom. The number of aromatic nitrogens is 2. The zero-order valence-corrected chi connectivity index (χ0v) is 18.3. The third kappa shape index (κ3) is 4.22. The van der Waals surface area contributed by atoms with E-state index in [-0.39, 0.29) is 29.7 Å². The van der Waals surface area contributed by atoms with Crippen LogP contribution in [0, 0.1) is 6.92 Å². The molecular formula is C20H24N4O3S2. The average molecular weight is 433 g/mol. The van der Waals surface area contributed by atoms with Crippen molar-refractivity contribution in [3.05, 3.63) is 44.7 Å². The molecule has 1 atom stereocenters. The van der Waals surface area contributed by atoms with Gasteiger partial charge in [0.25, 0.3) is 11.5 Å². The summed E-state index contributed by atoms with van der Waals surface area (Å²) in [4.78, 5) is 32.6. The molecule has 1 aliphatic rings. The minimum atomic E-state index is -0.283. The van der Waals surface area contributed by atoms with Crippen LogP contribution in [-0.2, 0) is 4.79 Å². The van der Waals surface area contributed by atoms with Crippen LogP contribution in [-0.4, -0.2) is 48.8 Å². The highest BCUT2D eigenvalue weighted by Crippen LogP contribution is 2.33. The minimum Gasteiger partial charge on any atom is -0.394 e. The molecule has 29 heavy (non-hydrogen) atoms. The van der Waals surface area contributed by atoms with E-state index in [0.717, 1.165) is 12.0 Å². The summed E-state index contributed by atoms with van der Waals surface area (Å²) in [7, 11) is 0. The van der Waals surface area contributed by atoms with Gasteiger partial charge in [-0.15, -0.1) is 0 Å². The van der Waals surface area contributed by atoms with E-state index in [1.54, 1.807) is 23.2 Å². The van der Waals surface area contributed by atoms with Gasteiger partial charge < -0.3 is 10.4 Å². The quantitative estimate of drug-likeness (QED) is 0.514. The second-order valence-corrected chi connectivity index (χ2v) is 8.51. The predicted molar refractivity (Wildman–Crippen MR) is 121 cm³/mol. The average Bonchev–Trinajstić information content (AvgIpc) is 2.97. The Hall–Kier alpha value is -2.23. The van der Waals surface area contributed by atoms with Crippen LogP contribution in [0.25, 0.3) is 11.7 Å². The number of hydrogen-bond acceptors (Lipinski definition) is 7. The number of fused-ring (bicyclic) bond motifs is 1. The number of hydrogen-bond donors (Lipinski definition) is 2. The summed E-state index contributed by atoms with van der Waals surface area (Å²) in [6, 6.07) is 3.41. The summed E-state index contributed by atoms with van der Waals surface area (Å²) >= 11 is 6.51. The van der Waals surface area contributed by atoms with E-state index >= 15 is 0 Å². The van der Waals surface area contributed by atoms with Crippen LogP contribution in [0.3, 0.4) is 0 Å². The summed E-state index contributed by atoms with van der Waals surface area (Å²) in [5, 5.41) is 12.8. The van der Waals surface area contributed by atoms with E-state index in [2.05, 4.69) is 10.3 Å². The molecule has 1 saturated heterocycles. The molecule has 1 aliphatic heterocycles. The standard InChI is InChI=1S/C20H24N4O3S2/c1-4-8-24-19(27)15(29-20(24)28)10-14-16(21-13(5-2)11-25)22-17-12(3)7-6-9-23(17)18(14)26/h6-7,9-10,13,21,25H,4-5,8,11H2,1-3H3/b15-10-. The summed E-state index contributed by atoms with van der Waals surface area (Å²) in [5.41, 5.74) is 1.38. The van der Waals surface area contributed by atoms with Crippen molar-refractivity contribution in [3.63, 3.8) is 0 Å². The molecule has 2 N–H and O–H groups in total. The van der Waals surface area contributed by atoms with Crippen molar-refractivity contribution in [1.82, 2.24) is 14.3 Å². The van der Waals surface area contributed by atoms with Crippen LogP contribution in [0.15, 0.2) is 28.0 Å². The molecule has 1 fully saturated rings. The van der Waals surface area contributed by atoms with Gasteiger partial charge in [-0.05, 0) is 37.5 Å². The maximum Gasteiger partial charge on any atom is 0.267 e. The van der Waals surface area contributed by atoms with Gasteiger partial charge in [-0.2, -0.15) is 0 Å². The summed E-state index contributed by atoms with van der Waals surface area (Å²) in [5.74, 6) is 0.154. The third-order valence-electron chi connectivity index (χ3n) is 4.73. The molecule has 1 amide bonds. The highest BCUT2D eigenvalue weighted by atomic mass is 32.2. The van der Waals surface area contributed by atoms with E-state index in [1.165, 1.54) is 16.2 Å². The van der Waals surface area contributed by atoms with Gasteiger partial charge in [-0.1, -0.05) is 43.9 Å². The van der Waals surface area contributed by atoms with Crippen molar-refractivity contribution < 1.29 is 9.90 Å². The molecule has 3 heterocycles. The van der Waals surface area contributed by atoms with Gasteiger partial charge >= 0.3 is 0 Å². The van der Waals surface area contributed by atoms with Gasteiger partial charge in [-0.3, -0.25) is 18.9 Å². The van der Waals surface area contributed by atoms with Gasteiger partial charge in [0.05, 0.1) is 23.1 Å². The van der Waals surface area contributed by atoms with Crippen molar-refractivity contribution in [2.24, 2.45) is 0 Å².